The Hall–Kier alpha value is -2.41. The summed E-state index contributed by atoms with van der Waals surface area (Å²) in [7, 11) is 0. The first-order valence-electron chi connectivity index (χ1n) is 14.8. The molecule has 1 unspecified atom stereocenters. The predicted octanol–water partition coefficient (Wildman–Crippen LogP) is 11.7. The molecule has 1 atom stereocenters. The highest BCUT2D eigenvalue weighted by Crippen LogP contribution is 2.14. The third-order valence-electron chi connectivity index (χ3n) is 5.76. The third-order valence-corrected chi connectivity index (χ3v) is 5.76. The first kappa shape index (κ1) is 39.1. The molecular formula is C36H60O. The maximum atomic E-state index is 10.4. The number of carbonyl (C=O) groups is 1. The van der Waals surface area contributed by atoms with Crippen molar-refractivity contribution in [3.05, 3.63) is 95.1 Å². The summed E-state index contributed by atoms with van der Waals surface area (Å²) in [6, 6.07) is 18.8. The SMILES string of the molecule is C=C(C=C(CC)CC)CCCC.CC.CC.CCC(CC=O)Cc1ccccc1.Cc1ccc(C)cc1. The van der Waals surface area contributed by atoms with Crippen molar-refractivity contribution in [2.24, 2.45) is 5.92 Å². The van der Waals surface area contributed by atoms with Crippen molar-refractivity contribution in [1.29, 1.82) is 0 Å². The smallest absolute Gasteiger partial charge is 0.120 e. The standard InChI is InChI=1S/C12H16O.C12H22.C8H10.2C2H6/c1-2-11(8-9-13)10-12-6-4-3-5-7-12;1-5-8-9-11(4)10-12(6-2)7-3;1-7-3-5-8(2)6-4-7;2*1-2/h3-7,9,11H,2,8,10H2,1H3;10H,4-9H2,1-3H3;3-6H,1-2H3;2*1-2H3. The molecule has 0 heterocycles. The van der Waals surface area contributed by atoms with Gasteiger partial charge in [0, 0.05) is 6.42 Å². The summed E-state index contributed by atoms with van der Waals surface area (Å²) in [6.07, 6.45) is 12.1. The van der Waals surface area contributed by atoms with Gasteiger partial charge in [-0.25, -0.2) is 0 Å². The molecular weight excluding hydrogens is 448 g/mol. The summed E-state index contributed by atoms with van der Waals surface area (Å²) in [6.45, 7) is 25.0. The Morgan fingerprint density at radius 2 is 1.30 bits per heavy atom. The first-order chi connectivity index (χ1) is 17.9. The lowest BCUT2D eigenvalue weighted by Gasteiger charge is -2.10. The Morgan fingerprint density at radius 1 is 0.811 bits per heavy atom. The average molecular weight is 509 g/mol. The van der Waals surface area contributed by atoms with Gasteiger partial charge in [-0.3, -0.25) is 0 Å². The highest BCUT2D eigenvalue weighted by molar-refractivity contribution is 5.49. The van der Waals surface area contributed by atoms with Crippen molar-refractivity contribution >= 4 is 6.29 Å². The lowest BCUT2D eigenvalue weighted by atomic mass is 9.94. The quantitative estimate of drug-likeness (QED) is 0.218. The van der Waals surface area contributed by atoms with E-state index in [1.165, 1.54) is 59.9 Å². The number of aldehydes is 1. The summed E-state index contributed by atoms with van der Waals surface area (Å²) in [4.78, 5) is 10.4. The van der Waals surface area contributed by atoms with Crippen molar-refractivity contribution in [3.63, 3.8) is 0 Å². The van der Waals surface area contributed by atoms with Crippen LogP contribution in [0.15, 0.2) is 78.4 Å². The predicted molar refractivity (Wildman–Crippen MR) is 171 cm³/mol. The number of hydrogen-bond donors (Lipinski definition) is 0. The van der Waals surface area contributed by atoms with Crippen LogP contribution in [0.1, 0.15) is 117 Å². The van der Waals surface area contributed by atoms with E-state index >= 15 is 0 Å². The number of rotatable bonds is 11. The molecule has 1 nitrogen and oxygen atoms in total. The molecule has 2 rings (SSSR count). The van der Waals surface area contributed by atoms with Gasteiger partial charge in [0.05, 0.1) is 0 Å². The van der Waals surface area contributed by atoms with Gasteiger partial charge < -0.3 is 4.79 Å². The van der Waals surface area contributed by atoms with Crippen LogP contribution < -0.4 is 0 Å². The van der Waals surface area contributed by atoms with E-state index in [-0.39, 0.29) is 0 Å². The van der Waals surface area contributed by atoms with E-state index in [0.29, 0.717) is 12.3 Å². The molecule has 0 radical (unpaired) electrons. The summed E-state index contributed by atoms with van der Waals surface area (Å²) in [5.41, 5.74) is 6.81. The van der Waals surface area contributed by atoms with Crippen molar-refractivity contribution in [2.45, 2.75) is 121 Å². The van der Waals surface area contributed by atoms with E-state index in [2.05, 4.69) is 90.6 Å². The number of carbonyl (C=O) groups excluding carboxylic acids is 1. The molecule has 0 saturated heterocycles. The summed E-state index contributed by atoms with van der Waals surface area (Å²) >= 11 is 0. The van der Waals surface area contributed by atoms with E-state index in [1.54, 1.807) is 0 Å². The van der Waals surface area contributed by atoms with Gasteiger partial charge in [0.15, 0.2) is 0 Å². The lowest BCUT2D eigenvalue weighted by Crippen LogP contribution is -2.03. The largest absolute Gasteiger partial charge is 0.303 e. The van der Waals surface area contributed by atoms with Crippen molar-refractivity contribution in [2.75, 3.05) is 0 Å². The second kappa shape index (κ2) is 29.8. The van der Waals surface area contributed by atoms with Gasteiger partial charge >= 0.3 is 0 Å². The minimum atomic E-state index is 0.514. The van der Waals surface area contributed by atoms with Gasteiger partial charge in [-0.05, 0) is 57.4 Å². The number of hydrogen-bond acceptors (Lipinski definition) is 1. The summed E-state index contributed by atoms with van der Waals surface area (Å²) < 4.78 is 0. The molecule has 0 amide bonds. The number of benzene rings is 2. The Kier molecular flexibility index (Phi) is 31.5. The fourth-order valence-corrected chi connectivity index (χ4v) is 3.33. The highest BCUT2D eigenvalue weighted by atomic mass is 16.1. The normalized spacial score (nSPS) is 9.78. The van der Waals surface area contributed by atoms with Crippen LogP contribution in [0.25, 0.3) is 0 Å². The van der Waals surface area contributed by atoms with E-state index < -0.39 is 0 Å². The van der Waals surface area contributed by atoms with Crippen molar-refractivity contribution in [1.82, 2.24) is 0 Å². The lowest BCUT2D eigenvalue weighted by molar-refractivity contribution is -0.108. The van der Waals surface area contributed by atoms with Crippen LogP contribution in [0.5, 0.6) is 0 Å². The number of unbranched alkanes of at least 4 members (excludes halogenated alkanes) is 1. The molecule has 0 N–H and O–H groups in total. The minimum Gasteiger partial charge on any atom is -0.303 e. The zero-order chi connectivity index (χ0) is 28.9. The van der Waals surface area contributed by atoms with E-state index in [4.69, 9.17) is 0 Å². The maximum Gasteiger partial charge on any atom is 0.120 e. The van der Waals surface area contributed by atoms with Crippen LogP contribution in [0.3, 0.4) is 0 Å². The molecule has 2 aromatic carbocycles. The minimum absolute atomic E-state index is 0.514. The Labute approximate surface area is 232 Å². The molecule has 0 aliphatic carbocycles. The zero-order valence-electron chi connectivity index (χ0n) is 26.2. The summed E-state index contributed by atoms with van der Waals surface area (Å²) in [5.74, 6) is 0.514. The topological polar surface area (TPSA) is 17.1 Å². The van der Waals surface area contributed by atoms with E-state index in [1.807, 2.05) is 45.9 Å². The fraction of sp³-hybridized carbons (Fsp3) is 0.528. The van der Waals surface area contributed by atoms with Crippen molar-refractivity contribution < 1.29 is 4.79 Å². The Balaban J connectivity index is -0.000000447. The van der Waals surface area contributed by atoms with Gasteiger partial charge in [-0.1, -0.05) is 158 Å². The maximum absolute atomic E-state index is 10.4. The molecule has 0 aromatic heterocycles. The highest BCUT2D eigenvalue weighted by Gasteiger charge is 2.05. The van der Waals surface area contributed by atoms with Crippen LogP contribution in [-0.4, -0.2) is 6.29 Å². The fourth-order valence-electron chi connectivity index (χ4n) is 3.33. The van der Waals surface area contributed by atoms with Crippen LogP contribution in [0.4, 0.5) is 0 Å². The van der Waals surface area contributed by atoms with Gasteiger partial charge in [0.2, 0.25) is 0 Å². The molecule has 0 aliphatic rings. The van der Waals surface area contributed by atoms with Gasteiger partial charge in [-0.2, -0.15) is 0 Å². The van der Waals surface area contributed by atoms with Gasteiger partial charge in [-0.15, -0.1) is 0 Å². The van der Waals surface area contributed by atoms with Crippen LogP contribution in [0, 0.1) is 19.8 Å². The molecule has 0 aliphatic heterocycles. The van der Waals surface area contributed by atoms with E-state index in [0.717, 1.165) is 19.1 Å². The Morgan fingerprint density at radius 3 is 1.68 bits per heavy atom. The average Bonchev–Trinajstić information content (AvgIpc) is 2.95. The molecule has 0 saturated carbocycles. The monoisotopic (exact) mass is 508 g/mol. The molecule has 210 valence electrons. The zero-order valence-corrected chi connectivity index (χ0v) is 26.2. The number of allylic oxidation sites excluding steroid dienone is 3. The number of aryl methyl sites for hydroxylation is 2. The molecule has 1 heteroatoms. The molecule has 0 spiro atoms. The first-order valence-corrected chi connectivity index (χ1v) is 14.8. The van der Waals surface area contributed by atoms with Crippen LogP contribution in [0.2, 0.25) is 0 Å². The molecule has 0 bridgehead atoms. The molecule has 2 aromatic rings. The van der Waals surface area contributed by atoms with Gasteiger partial charge in [0.25, 0.3) is 0 Å². The van der Waals surface area contributed by atoms with Crippen molar-refractivity contribution in [3.8, 4) is 0 Å². The van der Waals surface area contributed by atoms with Crippen LogP contribution in [-0.2, 0) is 11.2 Å². The Bertz CT molecular complexity index is 741. The molecule has 37 heavy (non-hydrogen) atoms. The van der Waals surface area contributed by atoms with Crippen LogP contribution >= 0.6 is 0 Å². The van der Waals surface area contributed by atoms with E-state index in [9.17, 15) is 4.79 Å². The molecule has 0 fully saturated rings. The second-order valence-electron chi connectivity index (χ2n) is 8.79. The second-order valence-corrected chi connectivity index (χ2v) is 8.79. The van der Waals surface area contributed by atoms with Gasteiger partial charge in [0.1, 0.15) is 6.29 Å². The third kappa shape index (κ3) is 25.0. The summed E-state index contributed by atoms with van der Waals surface area (Å²) in [5, 5.41) is 0.